The van der Waals surface area contributed by atoms with Crippen LogP contribution in [0.15, 0.2) is 24.3 Å². The highest BCUT2D eigenvalue weighted by Crippen LogP contribution is 2.26. The quantitative estimate of drug-likeness (QED) is 0.785. The Morgan fingerprint density at radius 2 is 1.81 bits per heavy atom. The standard InChI is InChI=1S/C20H31N3O.2ClH/c1-22(20(24)9-8-17-10-12-21-13-11-17)16-18-6-2-3-7-19(18)23-14-4-5-15-23;;/h2-3,6-7,17,21H,4-5,8-16H2,1H3;2*1H. The van der Waals surface area contributed by atoms with Crippen molar-refractivity contribution in [2.24, 2.45) is 5.92 Å². The van der Waals surface area contributed by atoms with Crippen LogP contribution in [0.25, 0.3) is 0 Å². The van der Waals surface area contributed by atoms with Crippen molar-refractivity contribution in [2.75, 3.05) is 38.1 Å². The summed E-state index contributed by atoms with van der Waals surface area (Å²) in [5.74, 6) is 1.00. The Hall–Kier alpha value is -0.970. The van der Waals surface area contributed by atoms with E-state index < -0.39 is 0 Å². The molecule has 4 nitrogen and oxygen atoms in total. The van der Waals surface area contributed by atoms with Gasteiger partial charge in [-0.05, 0) is 62.7 Å². The van der Waals surface area contributed by atoms with Crippen LogP contribution in [0.3, 0.4) is 0 Å². The molecule has 3 rings (SSSR count). The predicted molar refractivity (Wildman–Crippen MR) is 114 cm³/mol. The van der Waals surface area contributed by atoms with E-state index in [1.807, 2.05) is 11.9 Å². The molecule has 0 radical (unpaired) electrons. The summed E-state index contributed by atoms with van der Waals surface area (Å²) in [7, 11) is 1.95. The van der Waals surface area contributed by atoms with Crippen molar-refractivity contribution < 1.29 is 4.79 Å². The predicted octanol–water partition coefficient (Wildman–Crippen LogP) is 3.87. The Labute approximate surface area is 170 Å². The minimum atomic E-state index is 0. The van der Waals surface area contributed by atoms with Crippen LogP contribution in [0.1, 0.15) is 44.1 Å². The summed E-state index contributed by atoms with van der Waals surface area (Å²) in [4.78, 5) is 16.9. The molecule has 1 amide bonds. The molecule has 0 aliphatic carbocycles. The van der Waals surface area contributed by atoms with Crippen LogP contribution in [0.4, 0.5) is 5.69 Å². The zero-order chi connectivity index (χ0) is 16.8. The van der Waals surface area contributed by atoms with Gasteiger partial charge in [-0.25, -0.2) is 0 Å². The van der Waals surface area contributed by atoms with E-state index >= 15 is 0 Å². The second-order valence-corrected chi connectivity index (χ2v) is 7.30. The number of carbonyl (C=O) groups is 1. The zero-order valence-electron chi connectivity index (χ0n) is 15.8. The van der Waals surface area contributed by atoms with E-state index in [4.69, 9.17) is 0 Å². The summed E-state index contributed by atoms with van der Waals surface area (Å²) in [6, 6.07) is 8.57. The minimum absolute atomic E-state index is 0. The molecular weight excluding hydrogens is 369 g/mol. The summed E-state index contributed by atoms with van der Waals surface area (Å²) in [6.07, 6.45) is 6.72. The second-order valence-electron chi connectivity index (χ2n) is 7.30. The van der Waals surface area contributed by atoms with Gasteiger partial charge in [0, 0.05) is 38.8 Å². The maximum Gasteiger partial charge on any atom is 0.222 e. The van der Waals surface area contributed by atoms with E-state index in [1.165, 1.54) is 36.9 Å². The number of hydrogen-bond donors (Lipinski definition) is 1. The minimum Gasteiger partial charge on any atom is -0.371 e. The molecule has 0 spiro atoms. The van der Waals surface area contributed by atoms with Crippen molar-refractivity contribution >= 4 is 36.4 Å². The summed E-state index contributed by atoms with van der Waals surface area (Å²) in [6.45, 7) is 5.22. The highest BCUT2D eigenvalue weighted by molar-refractivity contribution is 5.85. The summed E-state index contributed by atoms with van der Waals surface area (Å²) in [5, 5.41) is 3.39. The van der Waals surface area contributed by atoms with Crippen LogP contribution in [0.5, 0.6) is 0 Å². The second kappa shape index (κ2) is 11.7. The molecule has 2 heterocycles. The Kier molecular flexibility index (Phi) is 10.4. The van der Waals surface area contributed by atoms with Crippen LogP contribution in [0.2, 0.25) is 0 Å². The van der Waals surface area contributed by atoms with Crippen molar-refractivity contribution in [3.05, 3.63) is 29.8 Å². The molecule has 2 aliphatic heterocycles. The van der Waals surface area contributed by atoms with Crippen LogP contribution in [-0.4, -0.2) is 44.0 Å². The van der Waals surface area contributed by atoms with E-state index in [0.717, 1.165) is 45.1 Å². The first-order chi connectivity index (χ1) is 11.7. The molecular formula is C20H33Cl2N3O. The maximum absolute atomic E-state index is 12.5. The van der Waals surface area contributed by atoms with Gasteiger partial charge in [-0.1, -0.05) is 18.2 Å². The molecule has 0 atom stereocenters. The summed E-state index contributed by atoms with van der Waals surface area (Å²) in [5.41, 5.74) is 2.59. The van der Waals surface area contributed by atoms with Gasteiger partial charge in [-0.3, -0.25) is 4.79 Å². The van der Waals surface area contributed by atoms with Gasteiger partial charge in [-0.2, -0.15) is 0 Å². The van der Waals surface area contributed by atoms with Gasteiger partial charge in [0.2, 0.25) is 5.91 Å². The number of amides is 1. The number of piperidine rings is 1. The lowest BCUT2D eigenvalue weighted by molar-refractivity contribution is -0.130. The number of para-hydroxylation sites is 1. The van der Waals surface area contributed by atoms with Crippen molar-refractivity contribution in [3.63, 3.8) is 0 Å². The smallest absolute Gasteiger partial charge is 0.222 e. The van der Waals surface area contributed by atoms with E-state index in [9.17, 15) is 4.79 Å². The number of rotatable bonds is 6. The highest BCUT2D eigenvalue weighted by Gasteiger charge is 2.19. The molecule has 2 fully saturated rings. The number of hydrogen-bond acceptors (Lipinski definition) is 3. The number of nitrogens with one attached hydrogen (secondary N) is 1. The van der Waals surface area contributed by atoms with Crippen molar-refractivity contribution in [1.29, 1.82) is 0 Å². The molecule has 26 heavy (non-hydrogen) atoms. The number of anilines is 1. The van der Waals surface area contributed by atoms with Gasteiger partial charge in [-0.15, -0.1) is 24.8 Å². The number of nitrogens with zero attached hydrogens (tertiary/aromatic N) is 2. The molecule has 1 N–H and O–H groups in total. The first kappa shape index (κ1) is 23.1. The van der Waals surface area contributed by atoms with Gasteiger partial charge >= 0.3 is 0 Å². The fraction of sp³-hybridized carbons (Fsp3) is 0.650. The molecule has 1 aromatic rings. The highest BCUT2D eigenvalue weighted by atomic mass is 35.5. The summed E-state index contributed by atoms with van der Waals surface area (Å²) < 4.78 is 0. The number of halogens is 2. The molecule has 2 saturated heterocycles. The molecule has 0 bridgehead atoms. The van der Waals surface area contributed by atoms with E-state index in [2.05, 4.69) is 34.5 Å². The lowest BCUT2D eigenvalue weighted by Gasteiger charge is -2.26. The fourth-order valence-corrected chi connectivity index (χ4v) is 3.94. The van der Waals surface area contributed by atoms with E-state index in [0.29, 0.717) is 6.42 Å². The Balaban J connectivity index is 0.00000169. The van der Waals surface area contributed by atoms with Crippen molar-refractivity contribution in [3.8, 4) is 0 Å². The van der Waals surface area contributed by atoms with Crippen LogP contribution < -0.4 is 10.2 Å². The zero-order valence-corrected chi connectivity index (χ0v) is 17.4. The van der Waals surface area contributed by atoms with Crippen molar-refractivity contribution in [1.82, 2.24) is 10.2 Å². The number of carbonyl (C=O) groups excluding carboxylic acids is 1. The Morgan fingerprint density at radius 3 is 2.50 bits per heavy atom. The fourth-order valence-electron chi connectivity index (χ4n) is 3.94. The van der Waals surface area contributed by atoms with E-state index in [1.54, 1.807) is 0 Å². The molecule has 0 unspecified atom stereocenters. The number of benzene rings is 1. The first-order valence-corrected chi connectivity index (χ1v) is 9.51. The lowest BCUT2D eigenvalue weighted by Crippen LogP contribution is -2.30. The average molecular weight is 402 g/mol. The third kappa shape index (κ3) is 6.33. The molecule has 2 aliphatic rings. The first-order valence-electron chi connectivity index (χ1n) is 9.51. The van der Waals surface area contributed by atoms with Gasteiger partial charge in [0.15, 0.2) is 0 Å². The van der Waals surface area contributed by atoms with Gasteiger partial charge in [0.25, 0.3) is 0 Å². The monoisotopic (exact) mass is 401 g/mol. The van der Waals surface area contributed by atoms with Gasteiger partial charge in [0.1, 0.15) is 0 Å². The molecule has 0 aromatic heterocycles. The van der Waals surface area contributed by atoms with Crippen molar-refractivity contribution in [2.45, 2.75) is 45.1 Å². The van der Waals surface area contributed by atoms with Gasteiger partial charge < -0.3 is 15.1 Å². The average Bonchev–Trinajstić information content (AvgIpc) is 3.15. The molecule has 148 valence electrons. The van der Waals surface area contributed by atoms with Crippen LogP contribution in [0, 0.1) is 5.92 Å². The maximum atomic E-state index is 12.5. The van der Waals surface area contributed by atoms with E-state index in [-0.39, 0.29) is 30.7 Å². The normalized spacial score (nSPS) is 17.3. The van der Waals surface area contributed by atoms with Crippen LogP contribution >= 0.6 is 24.8 Å². The molecule has 6 heteroatoms. The SMILES string of the molecule is CN(Cc1ccccc1N1CCCC1)C(=O)CCC1CCNCC1.Cl.Cl. The Bertz CT molecular complexity index is 544. The topological polar surface area (TPSA) is 35.6 Å². The molecule has 0 saturated carbocycles. The Morgan fingerprint density at radius 1 is 1.15 bits per heavy atom. The largest absolute Gasteiger partial charge is 0.371 e. The van der Waals surface area contributed by atoms with Gasteiger partial charge in [0.05, 0.1) is 0 Å². The summed E-state index contributed by atoms with van der Waals surface area (Å²) >= 11 is 0. The third-order valence-corrected chi connectivity index (χ3v) is 5.50. The van der Waals surface area contributed by atoms with Crippen LogP contribution in [-0.2, 0) is 11.3 Å². The third-order valence-electron chi connectivity index (χ3n) is 5.50. The molecule has 1 aromatic carbocycles. The lowest BCUT2D eigenvalue weighted by atomic mass is 9.93.